The topological polar surface area (TPSA) is 146 Å². The van der Waals surface area contributed by atoms with Crippen molar-refractivity contribution in [3.8, 4) is 0 Å². The van der Waals surface area contributed by atoms with Gasteiger partial charge in [-0.15, -0.1) is 5.10 Å². The van der Waals surface area contributed by atoms with Gasteiger partial charge in [0.15, 0.2) is 5.72 Å². The quantitative estimate of drug-likeness (QED) is 0.503. The van der Waals surface area contributed by atoms with Crippen molar-refractivity contribution in [1.29, 1.82) is 0 Å². The molecule has 0 aliphatic carbocycles. The molecule has 0 amide bonds. The zero-order valence-electron chi connectivity index (χ0n) is 11.7. The summed E-state index contributed by atoms with van der Waals surface area (Å²) in [6.07, 6.45) is 0.870. The summed E-state index contributed by atoms with van der Waals surface area (Å²) >= 11 is 0. The fourth-order valence-corrected chi connectivity index (χ4v) is 2.62. The monoisotopic (exact) mass is 309 g/mol. The Morgan fingerprint density at radius 3 is 2.91 bits per heavy atom. The van der Waals surface area contributed by atoms with Crippen LogP contribution >= 0.6 is 0 Å². The summed E-state index contributed by atoms with van der Waals surface area (Å²) in [6.45, 7) is 1.12. The number of aromatic amines is 2. The van der Waals surface area contributed by atoms with Crippen LogP contribution in [0.3, 0.4) is 0 Å². The number of hydrogen-bond donors (Lipinski definition) is 4. The van der Waals surface area contributed by atoms with E-state index in [9.17, 15) is 19.8 Å². The van der Waals surface area contributed by atoms with Crippen molar-refractivity contribution in [3.05, 3.63) is 44.5 Å². The Hall–Kier alpha value is -2.30. The van der Waals surface area contributed by atoms with Gasteiger partial charge in [-0.05, 0) is 6.92 Å². The van der Waals surface area contributed by atoms with Gasteiger partial charge in [-0.3, -0.25) is 19.4 Å². The molecule has 3 rings (SSSR count). The molecule has 1 aliphatic rings. The average molecular weight is 309 g/mol. The van der Waals surface area contributed by atoms with Crippen molar-refractivity contribution in [2.24, 2.45) is 0 Å². The van der Waals surface area contributed by atoms with Crippen molar-refractivity contribution in [1.82, 2.24) is 25.0 Å². The summed E-state index contributed by atoms with van der Waals surface area (Å²) in [6, 6.07) is 0. The summed E-state index contributed by atoms with van der Waals surface area (Å²) in [5.41, 5.74) is -2.10. The van der Waals surface area contributed by atoms with E-state index in [1.54, 1.807) is 6.92 Å². The minimum Gasteiger partial charge on any atom is -0.394 e. The third-order valence-electron chi connectivity index (χ3n) is 3.77. The van der Waals surface area contributed by atoms with Crippen LogP contribution in [0.25, 0.3) is 0 Å². The lowest BCUT2D eigenvalue weighted by Gasteiger charge is -2.28. The number of aromatic nitrogens is 5. The van der Waals surface area contributed by atoms with Crippen LogP contribution < -0.4 is 11.2 Å². The highest BCUT2D eigenvalue weighted by molar-refractivity contribution is 5.15. The number of nitrogens with one attached hydrogen (secondary N) is 2. The van der Waals surface area contributed by atoms with Gasteiger partial charge in [-0.1, -0.05) is 5.21 Å². The van der Waals surface area contributed by atoms with E-state index in [2.05, 4.69) is 20.4 Å². The maximum absolute atomic E-state index is 12.2. The molecule has 1 aliphatic heterocycles. The van der Waals surface area contributed by atoms with Gasteiger partial charge < -0.3 is 14.9 Å². The minimum absolute atomic E-state index is 0.0177. The summed E-state index contributed by atoms with van der Waals surface area (Å²) in [4.78, 5) is 25.9. The molecule has 10 nitrogen and oxygen atoms in total. The Morgan fingerprint density at radius 2 is 2.32 bits per heavy atom. The molecule has 1 fully saturated rings. The number of H-pyrrole nitrogens is 2. The van der Waals surface area contributed by atoms with E-state index in [4.69, 9.17) is 4.74 Å². The lowest BCUT2D eigenvalue weighted by atomic mass is 10.0. The van der Waals surface area contributed by atoms with Crippen LogP contribution in [0.2, 0.25) is 0 Å². The number of nitrogens with zero attached hydrogens (tertiary/aromatic N) is 3. The zero-order valence-corrected chi connectivity index (χ0v) is 11.7. The first kappa shape index (κ1) is 14.6. The van der Waals surface area contributed by atoms with Gasteiger partial charge in [0.05, 0.1) is 18.9 Å². The summed E-state index contributed by atoms with van der Waals surface area (Å²) in [7, 11) is 0. The molecular weight excluding hydrogens is 294 g/mol. The van der Waals surface area contributed by atoms with Crippen LogP contribution in [-0.2, 0) is 10.5 Å². The molecule has 10 heteroatoms. The fraction of sp³-hybridized carbons (Fsp3) is 0.500. The fourth-order valence-electron chi connectivity index (χ4n) is 2.62. The van der Waals surface area contributed by atoms with Crippen LogP contribution in [0.1, 0.15) is 17.7 Å². The number of aliphatic hydroxyl groups is 2. The van der Waals surface area contributed by atoms with Gasteiger partial charge in [0.25, 0.3) is 5.56 Å². The van der Waals surface area contributed by atoms with Gasteiger partial charge in [0.1, 0.15) is 11.8 Å². The average Bonchev–Trinajstić information content (AvgIpc) is 3.11. The third kappa shape index (κ3) is 2.08. The van der Waals surface area contributed by atoms with E-state index in [0.717, 1.165) is 4.57 Å². The molecule has 22 heavy (non-hydrogen) atoms. The van der Waals surface area contributed by atoms with E-state index < -0.39 is 35.8 Å². The largest absolute Gasteiger partial charge is 0.394 e. The Bertz CT molecular complexity index is 782. The van der Waals surface area contributed by atoms with Gasteiger partial charge in [-0.2, -0.15) is 0 Å². The van der Waals surface area contributed by atoms with Gasteiger partial charge >= 0.3 is 5.69 Å². The highest BCUT2D eigenvalue weighted by Crippen LogP contribution is 2.38. The predicted molar refractivity (Wildman–Crippen MR) is 72.1 cm³/mol. The molecular formula is C12H15N5O5. The maximum atomic E-state index is 12.2. The molecule has 3 heterocycles. The Kier molecular flexibility index (Phi) is 3.43. The summed E-state index contributed by atoms with van der Waals surface area (Å²) in [5, 5.41) is 29.4. The predicted octanol–water partition coefficient (Wildman–Crippen LogP) is -2.19. The molecule has 3 atom stereocenters. The van der Waals surface area contributed by atoms with Crippen molar-refractivity contribution in [2.45, 2.75) is 31.3 Å². The molecule has 0 bridgehead atoms. The Labute approximate surface area is 123 Å². The van der Waals surface area contributed by atoms with Crippen LogP contribution in [0, 0.1) is 6.92 Å². The summed E-state index contributed by atoms with van der Waals surface area (Å²) in [5.74, 6) is 0. The molecule has 0 spiro atoms. The number of ether oxygens (including phenoxy) is 1. The maximum Gasteiger partial charge on any atom is 0.331 e. The van der Waals surface area contributed by atoms with Crippen LogP contribution in [0.15, 0.2) is 22.0 Å². The molecule has 118 valence electrons. The molecule has 0 unspecified atom stereocenters. The second-order valence-electron chi connectivity index (χ2n) is 5.19. The van der Waals surface area contributed by atoms with E-state index >= 15 is 0 Å². The smallest absolute Gasteiger partial charge is 0.331 e. The first-order valence-corrected chi connectivity index (χ1v) is 6.64. The number of aryl methyl sites for hydroxylation is 1. The molecule has 1 saturated heterocycles. The lowest BCUT2D eigenvalue weighted by molar-refractivity contribution is -0.0960. The van der Waals surface area contributed by atoms with Crippen LogP contribution in [0.4, 0.5) is 0 Å². The van der Waals surface area contributed by atoms with Crippen molar-refractivity contribution < 1.29 is 14.9 Å². The lowest BCUT2D eigenvalue weighted by Crippen LogP contribution is -2.46. The van der Waals surface area contributed by atoms with Crippen molar-refractivity contribution >= 4 is 0 Å². The van der Waals surface area contributed by atoms with E-state index in [1.165, 1.54) is 12.4 Å². The zero-order chi connectivity index (χ0) is 15.9. The molecule has 0 aromatic carbocycles. The van der Waals surface area contributed by atoms with E-state index in [-0.39, 0.29) is 12.1 Å². The van der Waals surface area contributed by atoms with Crippen molar-refractivity contribution in [3.63, 3.8) is 0 Å². The first-order valence-electron chi connectivity index (χ1n) is 6.64. The number of rotatable bonds is 3. The molecule has 0 radical (unpaired) electrons. The minimum atomic E-state index is -1.45. The molecule has 4 N–H and O–H groups in total. The Balaban J connectivity index is 2.23. The highest BCUT2D eigenvalue weighted by Gasteiger charge is 2.51. The molecule has 2 aromatic rings. The number of hydrogen-bond acceptors (Lipinski definition) is 7. The Morgan fingerprint density at radius 1 is 1.55 bits per heavy atom. The first-order chi connectivity index (χ1) is 10.5. The normalized spacial score (nSPS) is 28.1. The number of aliphatic hydroxyl groups excluding tert-OH is 2. The standard InChI is InChI=1S/C12H15N5O5/c1-6-4-17(11(21)14-10(6)20)12(9-3-13-16-15-9)2-7(19)8(5-18)22-12/h3-4,7-8,18-19H,2,5H2,1H3,(H,13,15,16)(H,14,20,21)/t7-,8+,12-/m0/s1. The van der Waals surface area contributed by atoms with Crippen LogP contribution in [-0.4, -0.2) is 54.0 Å². The van der Waals surface area contributed by atoms with E-state index in [0.29, 0.717) is 5.56 Å². The third-order valence-corrected chi connectivity index (χ3v) is 3.77. The second-order valence-corrected chi connectivity index (χ2v) is 5.19. The van der Waals surface area contributed by atoms with Crippen LogP contribution in [0.5, 0.6) is 0 Å². The second kappa shape index (κ2) is 5.16. The summed E-state index contributed by atoms with van der Waals surface area (Å²) < 4.78 is 6.89. The molecule has 0 saturated carbocycles. The van der Waals surface area contributed by atoms with Gasteiger partial charge in [-0.25, -0.2) is 4.79 Å². The van der Waals surface area contributed by atoms with Gasteiger partial charge in [0, 0.05) is 18.2 Å². The van der Waals surface area contributed by atoms with E-state index in [1.807, 2.05) is 0 Å². The SMILES string of the molecule is Cc1cn([C@@]2(c3c[nH]nn3)C[C@H](O)[C@@H](CO)O2)c(=O)[nH]c1=O. The highest BCUT2D eigenvalue weighted by atomic mass is 16.6. The van der Waals surface area contributed by atoms with Gasteiger partial charge in [0.2, 0.25) is 0 Å². The van der Waals surface area contributed by atoms with Crippen molar-refractivity contribution in [2.75, 3.05) is 6.61 Å². The molecule has 2 aromatic heterocycles.